The standard InChI is InChI=1S/C15H31NO4Si/c1-10(18)12-7-11(14(16-12)13(19)8-17)9-20-21(5,6)15(2,3)4/h11-14,16-17,19H,7-9H2,1-6H3/t11-,12+,13?,14+/m0/s1. The van der Waals surface area contributed by atoms with Gasteiger partial charge in [-0.25, -0.2) is 0 Å². The molecule has 0 bridgehead atoms. The lowest BCUT2D eigenvalue weighted by atomic mass is 9.96. The number of rotatable bonds is 6. The van der Waals surface area contributed by atoms with Gasteiger partial charge in [0.25, 0.3) is 0 Å². The van der Waals surface area contributed by atoms with Crippen LogP contribution in [-0.4, -0.2) is 55.7 Å². The van der Waals surface area contributed by atoms with Crippen LogP contribution in [0.2, 0.25) is 18.1 Å². The Labute approximate surface area is 129 Å². The van der Waals surface area contributed by atoms with E-state index in [-0.39, 0.29) is 35.4 Å². The summed E-state index contributed by atoms with van der Waals surface area (Å²) in [7, 11) is -1.85. The van der Waals surface area contributed by atoms with Crippen LogP contribution in [0.15, 0.2) is 0 Å². The van der Waals surface area contributed by atoms with Gasteiger partial charge in [0.2, 0.25) is 0 Å². The third-order valence-corrected chi connectivity index (χ3v) is 9.50. The minimum Gasteiger partial charge on any atom is -0.416 e. The van der Waals surface area contributed by atoms with Gasteiger partial charge in [0.05, 0.1) is 18.8 Å². The lowest BCUT2D eigenvalue weighted by Crippen LogP contribution is -2.47. The molecule has 124 valence electrons. The Kier molecular flexibility index (Phi) is 6.14. The molecule has 0 aliphatic carbocycles. The van der Waals surface area contributed by atoms with Gasteiger partial charge in [0.15, 0.2) is 8.32 Å². The van der Waals surface area contributed by atoms with Gasteiger partial charge in [-0.2, -0.15) is 0 Å². The second-order valence-corrected chi connectivity index (χ2v) is 12.5. The van der Waals surface area contributed by atoms with Crippen LogP contribution in [0.5, 0.6) is 0 Å². The molecule has 1 aliphatic rings. The molecule has 1 rings (SSSR count). The Morgan fingerprint density at radius 3 is 2.43 bits per heavy atom. The quantitative estimate of drug-likeness (QED) is 0.644. The van der Waals surface area contributed by atoms with Gasteiger partial charge in [-0.3, -0.25) is 4.79 Å². The molecule has 6 heteroatoms. The molecule has 3 N–H and O–H groups in total. The number of hydrogen-bond donors (Lipinski definition) is 3. The minimum absolute atomic E-state index is 0.0511. The van der Waals surface area contributed by atoms with Gasteiger partial charge in [0, 0.05) is 18.6 Å². The number of carbonyl (C=O) groups is 1. The molecule has 0 spiro atoms. The largest absolute Gasteiger partial charge is 0.416 e. The lowest BCUT2D eigenvalue weighted by Gasteiger charge is -2.37. The van der Waals surface area contributed by atoms with Crippen LogP contribution < -0.4 is 5.32 Å². The second kappa shape index (κ2) is 6.87. The molecule has 0 radical (unpaired) electrons. The molecule has 0 aromatic heterocycles. The Hall–Kier alpha value is -0.273. The highest BCUT2D eigenvalue weighted by Gasteiger charge is 2.42. The summed E-state index contributed by atoms with van der Waals surface area (Å²) in [6.45, 7) is 12.7. The molecule has 5 nitrogen and oxygen atoms in total. The van der Waals surface area contributed by atoms with E-state index in [2.05, 4.69) is 39.2 Å². The Balaban J connectivity index is 2.72. The normalized spacial score (nSPS) is 28.7. The molecule has 0 saturated carbocycles. The van der Waals surface area contributed by atoms with Crippen molar-refractivity contribution in [2.75, 3.05) is 13.2 Å². The fourth-order valence-electron chi connectivity index (χ4n) is 2.41. The van der Waals surface area contributed by atoms with E-state index in [0.29, 0.717) is 13.0 Å². The monoisotopic (exact) mass is 317 g/mol. The van der Waals surface area contributed by atoms with E-state index in [4.69, 9.17) is 4.43 Å². The summed E-state index contributed by atoms with van der Waals surface area (Å²) in [5, 5.41) is 22.4. The summed E-state index contributed by atoms with van der Waals surface area (Å²) in [4.78, 5) is 11.6. The van der Waals surface area contributed by atoms with Crippen LogP contribution in [0.1, 0.15) is 34.1 Å². The number of ketones is 1. The Morgan fingerprint density at radius 1 is 1.43 bits per heavy atom. The predicted octanol–water partition coefficient (Wildman–Crippen LogP) is 1.30. The van der Waals surface area contributed by atoms with Crippen LogP contribution in [0.4, 0.5) is 0 Å². The van der Waals surface area contributed by atoms with Crippen LogP contribution in [0.3, 0.4) is 0 Å². The van der Waals surface area contributed by atoms with Crippen molar-refractivity contribution in [2.24, 2.45) is 5.92 Å². The van der Waals surface area contributed by atoms with Crippen molar-refractivity contribution in [1.82, 2.24) is 5.32 Å². The van der Waals surface area contributed by atoms with Crippen molar-refractivity contribution < 1.29 is 19.4 Å². The number of hydrogen-bond acceptors (Lipinski definition) is 5. The van der Waals surface area contributed by atoms with Gasteiger partial charge in [0.1, 0.15) is 5.78 Å². The van der Waals surface area contributed by atoms with E-state index in [0.717, 1.165) is 0 Å². The summed E-state index contributed by atoms with van der Waals surface area (Å²) in [5.41, 5.74) is 0. The molecule has 0 amide bonds. The van der Waals surface area contributed by atoms with Crippen molar-refractivity contribution >= 4 is 14.1 Å². The summed E-state index contributed by atoms with van der Waals surface area (Å²) < 4.78 is 6.23. The van der Waals surface area contributed by atoms with Crippen molar-refractivity contribution in [3.05, 3.63) is 0 Å². The molecule has 1 fully saturated rings. The summed E-state index contributed by atoms with van der Waals surface area (Å²) in [6, 6.07) is -0.530. The van der Waals surface area contributed by atoms with E-state index >= 15 is 0 Å². The summed E-state index contributed by atoms with van der Waals surface area (Å²) >= 11 is 0. The van der Waals surface area contributed by atoms with Crippen molar-refractivity contribution in [3.8, 4) is 0 Å². The molecule has 4 atom stereocenters. The van der Waals surface area contributed by atoms with Crippen LogP contribution >= 0.6 is 0 Å². The minimum atomic E-state index is -1.85. The smallest absolute Gasteiger partial charge is 0.191 e. The average Bonchev–Trinajstić information content (AvgIpc) is 2.78. The molecule has 1 aliphatic heterocycles. The van der Waals surface area contributed by atoms with E-state index in [9.17, 15) is 15.0 Å². The van der Waals surface area contributed by atoms with E-state index in [1.54, 1.807) is 6.92 Å². The molecule has 1 heterocycles. The number of carbonyl (C=O) groups excluding carboxylic acids is 1. The van der Waals surface area contributed by atoms with Crippen LogP contribution in [-0.2, 0) is 9.22 Å². The molecule has 0 aromatic rings. The van der Waals surface area contributed by atoms with E-state index in [1.807, 2.05) is 0 Å². The number of nitrogens with one attached hydrogen (secondary N) is 1. The maximum atomic E-state index is 11.6. The first-order valence-corrected chi connectivity index (χ1v) is 10.6. The first-order chi connectivity index (χ1) is 9.49. The van der Waals surface area contributed by atoms with Crippen LogP contribution in [0.25, 0.3) is 0 Å². The molecular formula is C15H31NO4Si. The highest BCUT2D eigenvalue weighted by atomic mass is 28.4. The van der Waals surface area contributed by atoms with E-state index < -0.39 is 14.4 Å². The van der Waals surface area contributed by atoms with Gasteiger partial charge in [-0.1, -0.05) is 20.8 Å². The summed E-state index contributed by atoms with van der Waals surface area (Å²) in [6.07, 6.45) is -0.201. The van der Waals surface area contributed by atoms with Gasteiger partial charge in [-0.05, 0) is 31.5 Å². The maximum absolute atomic E-state index is 11.6. The first-order valence-electron chi connectivity index (χ1n) is 7.69. The fraction of sp³-hybridized carbons (Fsp3) is 0.933. The van der Waals surface area contributed by atoms with Gasteiger partial charge < -0.3 is 20.0 Å². The molecular weight excluding hydrogens is 286 g/mol. The maximum Gasteiger partial charge on any atom is 0.191 e. The summed E-state index contributed by atoms with van der Waals surface area (Å²) in [5.74, 6) is 0.121. The van der Waals surface area contributed by atoms with Crippen molar-refractivity contribution in [1.29, 1.82) is 0 Å². The number of Topliss-reactive ketones (excluding diaryl/α,β-unsaturated/α-hetero) is 1. The predicted molar refractivity (Wildman–Crippen MR) is 85.7 cm³/mol. The second-order valence-electron chi connectivity index (χ2n) is 7.67. The van der Waals surface area contributed by atoms with Crippen molar-refractivity contribution in [3.63, 3.8) is 0 Å². The molecule has 0 aromatic carbocycles. The highest BCUT2D eigenvalue weighted by molar-refractivity contribution is 6.74. The lowest BCUT2D eigenvalue weighted by molar-refractivity contribution is -0.118. The highest BCUT2D eigenvalue weighted by Crippen LogP contribution is 2.37. The third kappa shape index (κ3) is 4.60. The van der Waals surface area contributed by atoms with Gasteiger partial charge >= 0.3 is 0 Å². The zero-order chi connectivity index (χ0) is 16.4. The van der Waals surface area contributed by atoms with Crippen LogP contribution in [0, 0.1) is 5.92 Å². The first kappa shape index (κ1) is 18.8. The third-order valence-electron chi connectivity index (χ3n) is 5.00. The molecule has 21 heavy (non-hydrogen) atoms. The fourth-order valence-corrected chi connectivity index (χ4v) is 3.48. The zero-order valence-corrected chi connectivity index (χ0v) is 15.1. The number of aliphatic hydroxyl groups excluding tert-OH is 2. The molecule has 1 unspecified atom stereocenters. The van der Waals surface area contributed by atoms with Crippen molar-refractivity contribution in [2.45, 2.75) is 70.4 Å². The molecule has 1 saturated heterocycles. The van der Waals surface area contributed by atoms with Gasteiger partial charge in [-0.15, -0.1) is 0 Å². The topological polar surface area (TPSA) is 78.8 Å². The Morgan fingerprint density at radius 2 is 2.00 bits per heavy atom. The average molecular weight is 318 g/mol. The number of aliphatic hydroxyl groups is 2. The SMILES string of the molecule is CC(=O)[C@H]1C[C@@H](CO[Si](C)(C)C(C)(C)C)[C@H](C(O)CO)N1. The zero-order valence-electron chi connectivity index (χ0n) is 14.1. The Bertz CT molecular complexity index is 367. The van der Waals surface area contributed by atoms with E-state index in [1.165, 1.54) is 0 Å².